The van der Waals surface area contributed by atoms with Gasteiger partial charge >= 0.3 is 6.03 Å². The number of aromatic nitrogens is 2. The van der Waals surface area contributed by atoms with Crippen molar-refractivity contribution in [1.82, 2.24) is 15.1 Å². The topological polar surface area (TPSA) is 90.5 Å². The fourth-order valence-corrected chi connectivity index (χ4v) is 5.04. The maximum atomic E-state index is 13.1. The van der Waals surface area contributed by atoms with Crippen LogP contribution in [0.15, 0.2) is 66.7 Å². The summed E-state index contributed by atoms with van der Waals surface area (Å²) < 4.78 is 0. The normalized spacial score (nSPS) is 15.3. The second kappa shape index (κ2) is 9.71. The first-order chi connectivity index (χ1) is 17.0. The lowest BCUT2D eigenvalue weighted by Gasteiger charge is -2.24. The Morgan fingerprint density at radius 3 is 2.54 bits per heavy atom. The Hall–Kier alpha value is -3.98. The van der Waals surface area contributed by atoms with Gasteiger partial charge in [0.25, 0.3) is 0 Å². The summed E-state index contributed by atoms with van der Waals surface area (Å²) in [7, 11) is 3.98. The van der Waals surface area contributed by atoms with Crippen LogP contribution in [0, 0.1) is 0 Å². The summed E-state index contributed by atoms with van der Waals surface area (Å²) >= 11 is 1.31. The van der Waals surface area contributed by atoms with E-state index in [4.69, 9.17) is 0 Å². The van der Waals surface area contributed by atoms with E-state index in [0.29, 0.717) is 18.1 Å². The molecular weight excluding hydrogens is 460 g/mol. The quantitative estimate of drug-likeness (QED) is 0.412. The molecule has 1 unspecified atom stereocenters. The van der Waals surface area contributed by atoms with Crippen molar-refractivity contribution in [3.05, 3.63) is 66.7 Å². The Labute approximate surface area is 207 Å². The van der Waals surface area contributed by atoms with Crippen molar-refractivity contribution in [3.63, 3.8) is 0 Å². The van der Waals surface area contributed by atoms with Crippen molar-refractivity contribution in [3.8, 4) is 10.6 Å². The summed E-state index contributed by atoms with van der Waals surface area (Å²) in [4.78, 5) is 29.8. The molecule has 9 heteroatoms. The predicted octanol–water partition coefficient (Wildman–Crippen LogP) is 5.06. The highest BCUT2D eigenvalue weighted by Gasteiger charge is 2.34. The lowest BCUT2D eigenvalue weighted by Crippen LogP contribution is -2.45. The van der Waals surface area contributed by atoms with Crippen molar-refractivity contribution in [1.29, 1.82) is 0 Å². The molecule has 1 aliphatic rings. The summed E-state index contributed by atoms with van der Waals surface area (Å²) in [5, 5.41) is 17.4. The SMILES string of the molecule is CN(C)c1ccc(-c2nnc(NC(=O)C3CCCN3C(=O)Nc3cccc4ccccc34)s2)cc1. The van der Waals surface area contributed by atoms with Crippen molar-refractivity contribution in [2.24, 2.45) is 0 Å². The zero-order valence-corrected chi connectivity index (χ0v) is 20.4. The minimum Gasteiger partial charge on any atom is -0.378 e. The molecule has 1 fully saturated rings. The van der Waals surface area contributed by atoms with Crippen LogP contribution < -0.4 is 15.5 Å². The highest BCUT2D eigenvalue weighted by molar-refractivity contribution is 7.18. The number of urea groups is 1. The van der Waals surface area contributed by atoms with Gasteiger partial charge in [-0.1, -0.05) is 47.7 Å². The van der Waals surface area contributed by atoms with Crippen LogP contribution in [-0.2, 0) is 4.79 Å². The van der Waals surface area contributed by atoms with Crippen LogP contribution >= 0.6 is 11.3 Å². The zero-order valence-electron chi connectivity index (χ0n) is 19.6. The largest absolute Gasteiger partial charge is 0.378 e. The van der Waals surface area contributed by atoms with Crippen molar-refractivity contribution in [2.75, 3.05) is 36.2 Å². The number of benzene rings is 3. The van der Waals surface area contributed by atoms with Crippen LogP contribution in [0.1, 0.15) is 12.8 Å². The van der Waals surface area contributed by atoms with Crippen LogP contribution in [-0.4, -0.2) is 53.7 Å². The van der Waals surface area contributed by atoms with Gasteiger partial charge in [0, 0.05) is 37.3 Å². The third-order valence-corrected chi connectivity index (χ3v) is 7.02. The van der Waals surface area contributed by atoms with Crippen molar-refractivity contribution >= 4 is 50.6 Å². The number of nitrogens with zero attached hydrogens (tertiary/aromatic N) is 4. The average molecular weight is 487 g/mol. The van der Waals surface area contributed by atoms with E-state index >= 15 is 0 Å². The Bertz CT molecular complexity index is 1360. The van der Waals surface area contributed by atoms with E-state index in [1.54, 1.807) is 4.90 Å². The maximum Gasteiger partial charge on any atom is 0.322 e. The number of likely N-dealkylation sites (tertiary alicyclic amines) is 1. The highest BCUT2D eigenvalue weighted by Crippen LogP contribution is 2.29. The van der Waals surface area contributed by atoms with Crippen LogP contribution in [0.5, 0.6) is 0 Å². The van der Waals surface area contributed by atoms with Gasteiger partial charge in [-0.25, -0.2) is 4.79 Å². The van der Waals surface area contributed by atoms with Gasteiger partial charge < -0.3 is 15.1 Å². The fourth-order valence-electron chi connectivity index (χ4n) is 4.29. The highest BCUT2D eigenvalue weighted by atomic mass is 32.1. The van der Waals surface area contributed by atoms with Crippen LogP contribution in [0.4, 0.5) is 21.3 Å². The molecule has 5 rings (SSSR count). The zero-order chi connectivity index (χ0) is 24.4. The Morgan fingerprint density at radius 1 is 0.971 bits per heavy atom. The van der Waals surface area contributed by atoms with Gasteiger partial charge in [0.05, 0.1) is 5.69 Å². The Balaban J connectivity index is 1.26. The molecule has 8 nitrogen and oxygen atoms in total. The molecule has 3 amide bonds. The van der Waals surface area contributed by atoms with Crippen molar-refractivity contribution in [2.45, 2.75) is 18.9 Å². The van der Waals surface area contributed by atoms with E-state index in [0.717, 1.165) is 39.1 Å². The van der Waals surface area contributed by atoms with E-state index in [2.05, 4.69) is 20.8 Å². The molecule has 178 valence electrons. The lowest BCUT2D eigenvalue weighted by atomic mass is 10.1. The van der Waals surface area contributed by atoms with Gasteiger partial charge in [0.1, 0.15) is 11.0 Å². The molecule has 0 radical (unpaired) electrons. The van der Waals surface area contributed by atoms with Crippen molar-refractivity contribution < 1.29 is 9.59 Å². The Kier molecular flexibility index (Phi) is 6.33. The fraction of sp³-hybridized carbons (Fsp3) is 0.231. The van der Waals surface area contributed by atoms with E-state index in [9.17, 15) is 9.59 Å². The summed E-state index contributed by atoms with van der Waals surface area (Å²) in [6, 6.07) is 20.8. The summed E-state index contributed by atoms with van der Waals surface area (Å²) in [5.74, 6) is -0.249. The molecule has 0 spiro atoms. The molecule has 4 aromatic rings. The molecule has 0 saturated carbocycles. The third kappa shape index (κ3) is 4.81. The molecular formula is C26H26N6O2S. The van der Waals surface area contributed by atoms with Gasteiger partial charge in [-0.05, 0) is 48.6 Å². The number of fused-ring (bicyclic) bond motifs is 1. The predicted molar refractivity (Wildman–Crippen MR) is 141 cm³/mol. The first kappa shape index (κ1) is 22.8. The van der Waals surface area contributed by atoms with Crippen LogP contribution in [0.3, 0.4) is 0 Å². The molecule has 0 aliphatic carbocycles. The molecule has 1 aliphatic heterocycles. The smallest absolute Gasteiger partial charge is 0.322 e. The van der Waals surface area contributed by atoms with Gasteiger partial charge in [0.2, 0.25) is 11.0 Å². The molecule has 1 saturated heterocycles. The molecule has 2 N–H and O–H groups in total. The molecule has 3 aromatic carbocycles. The van der Waals surface area contributed by atoms with E-state index < -0.39 is 6.04 Å². The van der Waals surface area contributed by atoms with E-state index in [-0.39, 0.29) is 11.9 Å². The monoisotopic (exact) mass is 486 g/mol. The molecule has 2 heterocycles. The molecule has 1 atom stereocenters. The standard InChI is InChI=1S/C26H26N6O2S/c1-31(2)19-14-12-18(13-15-19)24-29-30-25(35-24)28-23(33)22-11-6-16-32(22)26(34)27-21-10-5-8-17-7-3-4-9-20(17)21/h3-5,7-10,12-15,22H,6,11,16H2,1-2H3,(H,27,34)(H,28,30,33). The molecule has 1 aromatic heterocycles. The third-order valence-electron chi connectivity index (χ3n) is 6.13. The number of amides is 3. The number of rotatable bonds is 5. The first-order valence-corrected chi connectivity index (χ1v) is 12.3. The lowest BCUT2D eigenvalue weighted by molar-refractivity contribution is -0.119. The molecule has 35 heavy (non-hydrogen) atoms. The second-order valence-electron chi connectivity index (χ2n) is 8.65. The van der Waals surface area contributed by atoms with Crippen LogP contribution in [0.25, 0.3) is 21.3 Å². The minimum atomic E-state index is -0.559. The number of nitrogens with one attached hydrogen (secondary N) is 2. The summed E-state index contributed by atoms with van der Waals surface area (Å²) in [6.45, 7) is 0.522. The Morgan fingerprint density at radius 2 is 1.74 bits per heavy atom. The van der Waals surface area contributed by atoms with Gasteiger partial charge in [-0.15, -0.1) is 10.2 Å². The number of carbonyl (C=O) groups excluding carboxylic acids is 2. The van der Waals surface area contributed by atoms with E-state index in [1.165, 1.54) is 11.3 Å². The average Bonchev–Trinajstić information content (AvgIpc) is 3.54. The van der Waals surface area contributed by atoms with Gasteiger partial charge in [-0.2, -0.15) is 0 Å². The first-order valence-electron chi connectivity index (χ1n) is 11.5. The van der Waals surface area contributed by atoms with E-state index in [1.807, 2.05) is 85.7 Å². The maximum absolute atomic E-state index is 13.1. The van der Waals surface area contributed by atoms with Gasteiger partial charge in [0.15, 0.2) is 0 Å². The van der Waals surface area contributed by atoms with Crippen LogP contribution in [0.2, 0.25) is 0 Å². The molecule has 0 bridgehead atoms. The number of hydrogen-bond acceptors (Lipinski definition) is 6. The number of hydrogen-bond donors (Lipinski definition) is 2. The summed E-state index contributed by atoms with van der Waals surface area (Å²) in [6.07, 6.45) is 1.37. The summed E-state index contributed by atoms with van der Waals surface area (Å²) in [5.41, 5.74) is 2.76. The second-order valence-corrected chi connectivity index (χ2v) is 9.63. The number of anilines is 3. The minimum absolute atomic E-state index is 0.249. The number of carbonyl (C=O) groups is 2. The van der Waals surface area contributed by atoms with Gasteiger partial charge in [-0.3, -0.25) is 10.1 Å².